The number of aliphatic hydroxyl groups is 1. The van der Waals surface area contributed by atoms with Gasteiger partial charge in [0.1, 0.15) is 24.8 Å². The van der Waals surface area contributed by atoms with Gasteiger partial charge in [-0.25, -0.2) is 9.37 Å². The largest absolute Gasteiger partial charge is 0.495 e. The van der Waals surface area contributed by atoms with Gasteiger partial charge in [0.15, 0.2) is 5.76 Å². The fraction of sp³-hybridized carbons (Fsp3) is 0.250. The summed E-state index contributed by atoms with van der Waals surface area (Å²) < 4.78 is 26.8. The fourth-order valence-corrected chi connectivity index (χ4v) is 4.10. The highest BCUT2D eigenvalue weighted by Crippen LogP contribution is 2.39. The molecule has 0 amide bonds. The number of imidazole rings is 1. The van der Waals surface area contributed by atoms with E-state index in [1.54, 1.807) is 25.6 Å². The van der Waals surface area contributed by atoms with Crippen LogP contribution in [0.1, 0.15) is 16.8 Å². The molecule has 170 valence electrons. The molecule has 0 saturated carbocycles. The van der Waals surface area contributed by atoms with Crippen molar-refractivity contribution in [3.05, 3.63) is 83.4 Å². The van der Waals surface area contributed by atoms with Crippen LogP contribution in [-0.4, -0.2) is 52.3 Å². The van der Waals surface area contributed by atoms with E-state index < -0.39 is 5.72 Å². The molecule has 5 rings (SSSR count). The van der Waals surface area contributed by atoms with Gasteiger partial charge >= 0.3 is 0 Å². The summed E-state index contributed by atoms with van der Waals surface area (Å²) in [6, 6.07) is 11.6. The average Bonchev–Trinajstić information content (AvgIpc) is 3.44. The molecule has 3 aromatic rings. The van der Waals surface area contributed by atoms with Crippen LogP contribution in [0, 0.1) is 12.7 Å². The van der Waals surface area contributed by atoms with Crippen molar-refractivity contribution in [1.82, 2.24) is 14.5 Å². The SMILES string of the molecule is COc1cc(C=C2OCCN3C2=NOC3(CO)c2ccc(F)cc2)ccc1-n1cnc(C)c1. The van der Waals surface area contributed by atoms with E-state index in [-0.39, 0.29) is 12.4 Å². The van der Waals surface area contributed by atoms with E-state index in [4.69, 9.17) is 14.3 Å². The lowest BCUT2D eigenvalue weighted by molar-refractivity contribution is -0.141. The second-order valence-corrected chi connectivity index (χ2v) is 7.82. The normalized spacial score (nSPS) is 20.8. The molecule has 1 fully saturated rings. The first-order chi connectivity index (χ1) is 16.0. The number of aryl methyl sites for hydroxylation is 1. The Bertz CT molecular complexity index is 1240. The number of halogens is 1. The van der Waals surface area contributed by atoms with Crippen LogP contribution in [0.3, 0.4) is 0 Å². The van der Waals surface area contributed by atoms with Crippen LogP contribution in [0.4, 0.5) is 4.39 Å². The van der Waals surface area contributed by atoms with Crippen molar-refractivity contribution < 1.29 is 23.8 Å². The van der Waals surface area contributed by atoms with E-state index in [0.717, 1.165) is 16.9 Å². The predicted molar refractivity (Wildman–Crippen MR) is 119 cm³/mol. The Kier molecular flexibility index (Phi) is 5.26. The molecular weight excluding hydrogens is 427 g/mol. The molecular formula is C24H23FN4O4. The smallest absolute Gasteiger partial charge is 0.260 e. The number of fused-ring (bicyclic) bond motifs is 1. The van der Waals surface area contributed by atoms with Crippen LogP contribution in [0.15, 0.2) is 65.9 Å². The van der Waals surface area contributed by atoms with Crippen LogP contribution < -0.4 is 4.74 Å². The highest BCUT2D eigenvalue weighted by molar-refractivity contribution is 6.01. The third-order valence-electron chi connectivity index (χ3n) is 5.77. The van der Waals surface area contributed by atoms with E-state index in [2.05, 4.69) is 10.1 Å². The zero-order chi connectivity index (χ0) is 23.0. The average molecular weight is 450 g/mol. The summed E-state index contributed by atoms with van der Waals surface area (Å²) >= 11 is 0. The quantitative estimate of drug-likeness (QED) is 0.643. The van der Waals surface area contributed by atoms with E-state index >= 15 is 0 Å². The van der Waals surface area contributed by atoms with Gasteiger partial charge in [0.05, 0.1) is 31.4 Å². The zero-order valence-electron chi connectivity index (χ0n) is 18.2. The number of methoxy groups -OCH3 is 1. The summed E-state index contributed by atoms with van der Waals surface area (Å²) in [5.41, 5.74) is 1.99. The summed E-state index contributed by atoms with van der Waals surface area (Å²) in [7, 11) is 1.62. The zero-order valence-corrected chi connectivity index (χ0v) is 18.2. The van der Waals surface area contributed by atoms with Crippen molar-refractivity contribution in [2.45, 2.75) is 12.6 Å². The number of aromatic nitrogens is 2. The molecule has 0 aliphatic carbocycles. The van der Waals surface area contributed by atoms with Crippen molar-refractivity contribution in [3.63, 3.8) is 0 Å². The molecule has 1 N–H and O–H groups in total. The van der Waals surface area contributed by atoms with Crippen LogP contribution in [0.25, 0.3) is 11.8 Å². The minimum absolute atomic E-state index is 0.355. The molecule has 0 radical (unpaired) electrons. The van der Waals surface area contributed by atoms with Crippen LogP contribution in [0.2, 0.25) is 0 Å². The molecule has 1 atom stereocenters. The number of hydrogen-bond acceptors (Lipinski definition) is 7. The molecule has 0 bridgehead atoms. The van der Waals surface area contributed by atoms with Crippen molar-refractivity contribution in [1.29, 1.82) is 0 Å². The number of oxime groups is 1. The van der Waals surface area contributed by atoms with Gasteiger partial charge in [0, 0.05) is 11.8 Å². The number of ether oxygens (including phenoxy) is 2. The van der Waals surface area contributed by atoms with Crippen LogP contribution in [-0.2, 0) is 15.3 Å². The van der Waals surface area contributed by atoms with Gasteiger partial charge in [-0.15, -0.1) is 0 Å². The van der Waals surface area contributed by atoms with E-state index in [9.17, 15) is 9.50 Å². The molecule has 2 aliphatic rings. The van der Waals surface area contributed by atoms with Crippen molar-refractivity contribution in [3.8, 4) is 11.4 Å². The van der Waals surface area contributed by atoms with E-state index in [1.165, 1.54) is 12.1 Å². The Morgan fingerprint density at radius 1 is 1.24 bits per heavy atom. The summed E-state index contributed by atoms with van der Waals surface area (Å²) in [5.74, 6) is 1.28. The molecule has 33 heavy (non-hydrogen) atoms. The molecule has 2 aromatic carbocycles. The first-order valence-corrected chi connectivity index (χ1v) is 10.5. The van der Waals surface area contributed by atoms with Crippen molar-refractivity contribution in [2.24, 2.45) is 5.16 Å². The second-order valence-electron chi connectivity index (χ2n) is 7.82. The summed E-state index contributed by atoms with van der Waals surface area (Å²) in [4.78, 5) is 11.9. The highest BCUT2D eigenvalue weighted by atomic mass is 19.1. The Morgan fingerprint density at radius 2 is 2.06 bits per heavy atom. The number of aliphatic hydroxyl groups excluding tert-OH is 1. The van der Waals surface area contributed by atoms with Crippen molar-refractivity contribution >= 4 is 11.9 Å². The Morgan fingerprint density at radius 3 is 2.76 bits per heavy atom. The summed E-state index contributed by atoms with van der Waals surface area (Å²) in [5, 5.41) is 14.5. The summed E-state index contributed by atoms with van der Waals surface area (Å²) in [6.45, 7) is 2.40. The van der Waals surface area contributed by atoms with E-state index in [1.807, 2.05) is 46.9 Å². The maximum Gasteiger partial charge on any atom is 0.260 e. The van der Waals surface area contributed by atoms with Crippen LogP contribution >= 0.6 is 0 Å². The Labute approximate surface area is 190 Å². The van der Waals surface area contributed by atoms with Gasteiger partial charge in [-0.05, 0) is 55.0 Å². The van der Waals surface area contributed by atoms with Gasteiger partial charge < -0.3 is 28.9 Å². The number of amidine groups is 1. The van der Waals surface area contributed by atoms with Gasteiger partial charge in [0.2, 0.25) is 5.84 Å². The monoisotopic (exact) mass is 450 g/mol. The standard InChI is InChI=1S/C24H23FN4O4/c1-16-13-28(15-26-16)20-8-3-17(11-21(20)31-2)12-22-23-27-33-24(14-30,29(23)9-10-32-22)18-4-6-19(25)7-5-18/h3-8,11-13,15,30H,9-10,14H2,1-2H3. The number of hydrogen-bond donors (Lipinski definition) is 1. The van der Waals surface area contributed by atoms with Gasteiger partial charge in [-0.1, -0.05) is 11.2 Å². The number of benzene rings is 2. The maximum atomic E-state index is 13.4. The molecule has 8 nitrogen and oxygen atoms in total. The lowest BCUT2D eigenvalue weighted by atomic mass is 10.0. The topological polar surface area (TPSA) is 81.3 Å². The molecule has 1 aromatic heterocycles. The Hall–Kier alpha value is -3.85. The third kappa shape index (κ3) is 3.60. The molecule has 0 spiro atoms. The maximum absolute atomic E-state index is 13.4. The molecule has 1 saturated heterocycles. The number of nitrogens with zero attached hydrogens (tertiary/aromatic N) is 4. The third-order valence-corrected chi connectivity index (χ3v) is 5.77. The summed E-state index contributed by atoms with van der Waals surface area (Å²) in [6.07, 6.45) is 5.51. The Balaban J connectivity index is 1.47. The number of morpholine rings is 1. The van der Waals surface area contributed by atoms with Crippen molar-refractivity contribution in [2.75, 3.05) is 26.9 Å². The first kappa shape index (κ1) is 21.0. The lowest BCUT2D eigenvalue weighted by Crippen LogP contribution is -2.52. The van der Waals surface area contributed by atoms with Gasteiger partial charge in [-0.2, -0.15) is 0 Å². The second kappa shape index (κ2) is 8.25. The molecule has 2 aliphatic heterocycles. The lowest BCUT2D eigenvalue weighted by Gasteiger charge is -2.38. The van der Waals surface area contributed by atoms with Gasteiger partial charge in [-0.3, -0.25) is 0 Å². The van der Waals surface area contributed by atoms with Crippen LogP contribution in [0.5, 0.6) is 5.75 Å². The molecule has 3 heterocycles. The highest BCUT2D eigenvalue weighted by Gasteiger charge is 2.50. The molecule has 1 unspecified atom stereocenters. The number of rotatable bonds is 5. The van der Waals surface area contributed by atoms with Gasteiger partial charge in [0.25, 0.3) is 5.72 Å². The molecule has 9 heteroatoms. The van der Waals surface area contributed by atoms with E-state index in [0.29, 0.717) is 36.1 Å². The minimum Gasteiger partial charge on any atom is -0.495 e. The predicted octanol–water partition coefficient (Wildman–Crippen LogP) is 3.19. The first-order valence-electron chi connectivity index (χ1n) is 10.5. The fourth-order valence-electron chi connectivity index (χ4n) is 4.10. The minimum atomic E-state index is -1.23.